The normalized spacial score (nSPS) is 12.2. The molecule has 3 aromatic heterocycles. The first-order chi connectivity index (χ1) is 16.4. The van der Waals surface area contributed by atoms with E-state index in [1.165, 1.54) is 20.2 Å². The first kappa shape index (κ1) is 21.1. The fourth-order valence-corrected chi connectivity index (χ4v) is 5.69. The molecule has 0 unspecified atom stereocenters. The van der Waals surface area contributed by atoms with Gasteiger partial charge in [0.25, 0.3) is 0 Å². The molecule has 0 saturated carbocycles. The van der Waals surface area contributed by atoms with Crippen molar-refractivity contribution in [2.24, 2.45) is 0 Å². The van der Waals surface area contributed by atoms with Gasteiger partial charge in [0.1, 0.15) is 23.0 Å². The molecule has 3 aromatic carbocycles. The molecule has 0 aliphatic carbocycles. The number of hydrogen-bond acceptors (Lipinski definition) is 3. The monoisotopic (exact) mass is 468 g/mol. The minimum atomic E-state index is -0.257. The lowest BCUT2D eigenvalue weighted by Crippen LogP contribution is -1.90. The number of fused-ring (bicyclic) bond motifs is 5. The van der Waals surface area contributed by atoms with E-state index in [4.69, 9.17) is 4.98 Å². The largest absolute Gasteiger partial charge is 0.342 e. The molecule has 6 heteroatoms. The van der Waals surface area contributed by atoms with Gasteiger partial charge in [-0.1, -0.05) is 52.0 Å². The fourth-order valence-electron chi connectivity index (χ4n) is 4.46. The minimum Gasteiger partial charge on any atom is -0.342 e. The fraction of sp³-hybridized carbons (Fsp3) is 0.214. The lowest BCUT2D eigenvalue weighted by molar-refractivity contribution is 0.631. The number of aromatic nitrogens is 4. The zero-order valence-corrected chi connectivity index (χ0v) is 20.3. The Bertz CT molecular complexity index is 1690. The van der Waals surface area contributed by atoms with Crippen LogP contribution in [0.5, 0.6) is 0 Å². The predicted molar refractivity (Wildman–Crippen MR) is 140 cm³/mol. The third-order valence-electron chi connectivity index (χ3n) is 6.39. The van der Waals surface area contributed by atoms with Crippen molar-refractivity contribution >= 4 is 42.5 Å². The maximum absolute atomic E-state index is 15.1. The number of nitrogens with zero attached hydrogens (tertiary/aromatic N) is 2. The molecule has 4 nitrogen and oxygen atoms in total. The first-order valence-corrected chi connectivity index (χ1v) is 12.4. The van der Waals surface area contributed by atoms with Crippen molar-refractivity contribution < 1.29 is 4.39 Å². The van der Waals surface area contributed by atoms with Crippen LogP contribution >= 0.6 is 11.3 Å². The Morgan fingerprint density at radius 1 is 0.824 bits per heavy atom. The van der Waals surface area contributed by atoms with Crippen LogP contribution in [0, 0.1) is 5.82 Å². The van der Waals surface area contributed by atoms with E-state index >= 15 is 4.39 Å². The second kappa shape index (κ2) is 7.77. The highest BCUT2D eigenvalue weighted by Crippen LogP contribution is 2.40. The highest BCUT2D eigenvalue weighted by molar-refractivity contribution is 7.26. The summed E-state index contributed by atoms with van der Waals surface area (Å²) < 4.78 is 17.5. The molecule has 0 fully saturated rings. The summed E-state index contributed by atoms with van der Waals surface area (Å²) >= 11 is 1.75. The van der Waals surface area contributed by atoms with Crippen LogP contribution in [-0.2, 0) is 0 Å². The number of nitrogens with one attached hydrogen (secondary N) is 2. The van der Waals surface area contributed by atoms with Gasteiger partial charge in [-0.25, -0.2) is 14.4 Å². The number of rotatable bonds is 4. The van der Waals surface area contributed by atoms with Crippen LogP contribution in [0.25, 0.3) is 53.6 Å². The van der Waals surface area contributed by atoms with Crippen molar-refractivity contribution in [1.82, 2.24) is 19.9 Å². The summed E-state index contributed by atoms with van der Waals surface area (Å²) in [4.78, 5) is 15.9. The second-order valence-electron chi connectivity index (χ2n) is 9.46. The summed E-state index contributed by atoms with van der Waals surface area (Å²) in [6, 6.07) is 16.1. The lowest BCUT2D eigenvalue weighted by Gasteiger charge is -2.06. The Morgan fingerprint density at radius 3 is 2.29 bits per heavy atom. The summed E-state index contributed by atoms with van der Waals surface area (Å²) in [6.07, 6.45) is 1.71. The topological polar surface area (TPSA) is 57.4 Å². The van der Waals surface area contributed by atoms with E-state index in [0.29, 0.717) is 17.2 Å². The quantitative estimate of drug-likeness (QED) is 0.273. The second-order valence-corrected chi connectivity index (χ2v) is 10.5. The number of aromatic amines is 2. The molecule has 170 valence electrons. The van der Waals surface area contributed by atoms with E-state index in [1.54, 1.807) is 23.6 Å². The van der Waals surface area contributed by atoms with Gasteiger partial charge >= 0.3 is 0 Å². The predicted octanol–water partition coefficient (Wildman–Crippen LogP) is 8.37. The molecule has 0 bridgehead atoms. The Kier molecular flexibility index (Phi) is 4.81. The van der Waals surface area contributed by atoms with Crippen molar-refractivity contribution in [1.29, 1.82) is 0 Å². The molecule has 0 aliphatic rings. The Labute approximate surface area is 200 Å². The molecule has 0 aliphatic heterocycles. The SMILES string of the molecule is CC(C)c1ncc(-c2ccc(-c3ccc4c(c3)sc3c4ccc4[nH]c(C(C)C)nc43)cc2F)[nH]1. The van der Waals surface area contributed by atoms with Gasteiger partial charge in [0.2, 0.25) is 0 Å². The molecule has 0 atom stereocenters. The zero-order valence-electron chi connectivity index (χ0n) is 19.5. The van der Waals surface area contributed by atoms with E-state index in [9.17, 15) is 0 Å². The van der Waals surface area contributed by atoms with Gasteiger partial charge in [-0.3, -0.25) is 0 Å². The van der Waals surface area contributed by atoms with Crippen LogP contribution in [0.2, 0.25) is 0 Å². The van der Waals surface area contributed by atoms with Crippen LogP contribution < -0.4 is 0 Å². The van der Waals surface area contributed by atoms with E-state index in [1.807, 2.05) is 12.1 Å². The van der Waals surface area contributed by atoms with Crippen LogP contribution in [0.4, 0.5) is 4.39 Å². The maximum Gasteiger partial charge on any atom is 0.133 e. The highest BCUT2D eigenvalue weighted by atomic mass is 32.1. The van der Waals surface area contributed by atoms with Crippen LogP contribution in [0.1, 0.15) is 51.2 Å². The van der Waals surface area contributed by atoms with Crippen LogP contribution in [0.15, 0.2) is 54.7 Å². The minimum absolute atomic E-state index is 0.257. The third-order valence-corrected chi connectivity index (χ3v) is 7.57. The van der Waals surface area contributed by atoms with Gasteiger partial charge in [-0.15, -0.1) is 11.3 Å². The van der Waals surface area contributed by atoms with E-state index < -0.39 is 0 Å². The Morgan fingerprint density at radius 2 is 1.56 bits per heavy atom. The molecule has 0 radical (unpaired) electrons. The number of imidazole rings is 2. The third kappa shape index (κ3) is 3.32. The summed E-state index contributed by atoms with van der Waals surface area (Å²) in [6.45, 7) is 8.41. The van der Waals surface area contributed by atoms with E-state index in [2.05, 4.69) is 73.0 Å². The van der Waals surface area contributed by atoms with Crippen LogP contribution in [0.3, 0.4) is 0 Å². The van der Waals surface area contributed by atoms with Crippen molar-refractivity contribution in [3.05, 3.63) is 72.2 Å². The summed E-state index contributed by atoms with van der Waals surface area (Å²) in [7, 11) is 0. The van der Waals surface area contributed by atoms with Crippen molar-refractivity contribution in [2.75, 3.05) is 0 Å². The Hall–Kier alpha value is -3.51. The maximum atomic E-state index is 15.1. The molecule has 0 saturated heterocycles. The first-order valence-electron chi connectivity index (χ1n) is 11.6. The number of halogens is 1. The molecule has 0 amide bonds. The van der Waals surface area contributed by atoms with E-state index in [0.717, 1.165) is 33.8 Å². The lowest BCUT2D eigenvalue weighted by atomic mass is 10.0. The van der Waals surface area contributed by atoms with Crippen LogP contribution in [-0.4, -0.2) is 19.9 Å². The molecule has 6 aromatic rings. The Balaban J connectivity index is 1.42. The van der Waals surface area contributed by atoms with Gasteiger partial charge in [0.15, 0.2) is 0 Å². The van der Waals surface area contributed by atoms with Gasteiger partial charge in [0.05, 0.1) is 22.1 Å². The molecule has 6 rings (SSSR count). The summed E-state index contributed by atoms with van der Waals surface area (Å²) in [5, 5.41) is 2.41. The summed E-state index contributed by atoms with van der Waals surface area (Å²) in [5.74, 6) is 2.23. The number of benzene rings is 3. The standard InChI is InChI=1S/C28H25FN4S/c1-14(2)27-30-13-23(32-27)20-8-6-16(11-21(20)29)17-5-7-18-19-9-10-22-25(26(19)34-24(18)12-17)33-28(31-22)15(3)4/h5-15H,1-4H3,(H,30,32)(H,31,33). The smallest absolute Gasteiger partial charge is 0.133 e. The molecule has 2 N–H and O–H groups in total. The van der Waals surface area contributed by atoms with E-state index in [-0.39, 0.29) is 11.7 Å². The number of H-pyrrole nitrogens is 2. The average molecular weight is 469 g/mol. The van der Waals surface area contributed by atoms with Crippen molar-refractivity contribution in [3.8, 4) is 22.4 Å². The zero-order chi connectivity index (χ0) is 23.6. The number of thiophene rings is 1. The van der Waals surface area contributed by atoms with Crippen molar-refractivity contribution in [2.45, 2.75) is 39.5 Å². The van der Waals surface area contributed by atoms with Crippen molar-refractivity contribution in [3.63, 3.8) is 0 Å². The van der Waals surface area contributed by atoms with Gasteiger partial charge in [-0.2, -0.15) is 0 Å². The molecular formula is C28H25FN4S. The summed E-state index contributed by atoms with van der Waals surface area (Å²) in [5.41, 5.74) is 5.19. The molecule has 3 heterocycles. The number of hydrogen-bond donors (Lipinski definition) is 2. The molecule has 34 heavy (non-hydrogen) atoms. The molecular weight excluding hydrogens is 443 g/mol. The highest BCUT2D eigenvalue weighted by Gasteiger charge is 2.15. The van der Waals surface area contributed by atoms with Gasteiger partial charge in [0, 0.05) is 32.9 Å². The van der Waals surface area contributed by atoms with Gasteiger partial charge < -0.3 is 9.97 Å². The van der Waals surface area contributed by atoms with Gasteiger partial charge in [-0.05, 0) is 35.4 Å². The molecule has 0 spiro atoms. The average Bonchev–Trinajstić information content (AvgIpc) is 3.54.